The van der Waals surface area contributed by atoms with E-state index < -0.39 is 0 Å². The van der Waals surface area contributed by atoms with Crippen molar-refractivity contribution >= 4 is 11.8 Å². The van der Waals surface area contributed by atoms with Crippen LogP contribution < -0.4 is 0 Å². The fraction of sp³-hybridized carbons (Fsp3) is 0.300. The standard InChI is InChI=1S/C20H21NOS/c1-23-20(19-10-6-3-7-11-19,21-14-16-22-17-15-21)13-12-18-8-4-2-5-9-18/h2-11H,14-17H2,1H3. The van der Waals surface area contributed by atoms with Crippen molar-refractivity contribution in [2.24, 2.45) is 0 Å². The molecule has 1 fully saturated rings. The minimum Gasteiger partial charge on any atom is -0.379 e. The molecule has 1 aliphatic heterocycles. The van der Waals surface area contributed by atoms with E-state index in [1.165, 1.54) is 5.56 Å². The van der Waals surface area contributed by atoms with Crippen molar-refractivity contribution in [1.29, 1.82) is 0 Å². The summed E-state index contributed by atoms with van der Waals surface area (Å²) >= 11 is 1.79. The zero-order valence-electron chi connectivity index (χ0n) is 13.4. The smallest absolute Gasteiger partial charge is 0.155 e. The van der Waals surface area contributed by atoms with Crippen LogP contribution in [0.4, 0.5) is 0 Å². The van der Waals surface area contributed by atoms with Gasteiger partial charge in [0.15, 0.2) is 4.87 Å². The summed E-state index contributed by atoms with van der Waals surface area (Å²) in [7, 11) is 0. The Morgan fingerprint density at radius 2 is 1.57 bits per heavy atom. The molecule has 3 heteroatoms. The van der Waals surface area contributed by atoms with Gasteiger partial charge in [-0.3, -0.25) is 4.90 Å². The molecule has 2 aromatic rings. The second-order valence-electron chi connectivity index (χ2n) is 5.43. The van der Waals surface area contributed by atoms with Gasteiger partial charge < -0.3 is 4.74 Å². The molecule has 1 saturated heterocycles. The lowest BCUT2D eigenvalue weighted by Gasteiger charge is -2.41. The minimum absolute atomic E-state index is 0.332. The average molecular weight is 323 g/mol. The van der Waals surface area contributed by atoms with Crippen molar-refractivity contribution in [3.8, 4) is 11.8 Å². The number of hydrogen-bond donors (Lipinski definition) is 0. The molecule has 3 rings (SSSR count). The number of benzene rings is 2. The van der Waals surface area contributed by atoms with Gasteiger partial charge in [0, 0.05) is 18.7 Å². The maximum Gasteiger partial charge on any atom is 0.155 e. The summed E-state index contributed by atoms with van der Waals surface area (Å²) in [5.41, 5.74) is 2.29. The molecule has 0 aliphatic carbocycles. The van der Waals surface area contributed by atoms with Crippen molar-refractivity contribution < 1.29 is 4.74 Å². The van der Waals surface area contributed by atoms with Gasteiger partial charge in [-0.2, -0.15) is 0 Å². The second-order valence-corrected chi connectivity index (χ2v) is 6.43. The summed E-state index contributed by atoms with van der Waals surface area (Å²) in [6.45, 7) is 3.34. The average Bonchev–Trinajstić information content (AvgIpc) is 2.65. The third kappa shape index (κ3) is 3.61. The summed E-state index contributed by atoms with van der Waals surface area (Å²) in [6.07, 6.45) is 2.14. The van der Waals surface area contributed by atoms with Gasteiger partial charge in [0.05, 0.1) is 13.2 Å². The molecule has 0 amide bonds. The van der Waals surface area contributed by atoms with E-state index >= 15 is 0 Å². The molecule has 0 spiro atoms. The molecule has 1 heterocycles. The third-order valence-corrected chi connectivity index (χ3v) is 5.25. The van der Waals surface area contributed by atoms with Crippen LogP contribution in [-0.2, 0) is 9.61 Å². The Morgan fingerprint density at radius 3 is 2.17 bits per heavy atom. The van der Waals surface area contributed by atoms with Crippen molar-refractivity contribution in [3.63, 3.8) is 0 Å². The molecule has 0 saturated carbocycles. The molecule has 2 nitrogen and oxygen atoms in total. The van der Waals surface area contributed by atoms with Crippen LogP contribution >= 0.6 is 11.8 Å². The number of thioether (sulfide) groups is 1. The number of hydrogen-bond acceptors (Lipinski definition) is 3. The first-order valence-corrected chi connectivity index (χ1v) is 9.09. The lowest BCUT2D eigenvalue weighted by molar-refractivity contribution is 0.0195. The molecular formula is C20H21NOS. The fourth-order valence-corrected chi connectivity index (χ4v) is 3.82. The predicted octanol–water partition coefficient (Wildman–Crippen LogP) is 3.59. The summed E-state index contributed by atoms with van der Waals surface area (Å²) in [4.78, 5) is 2.10. The number of ether oxygens (including phenoxy) is 1. The van der Waals surface area contributed by atoms with Crippen molar-refractivity contribution in [2.75, 3.05) is 32.6 Å². The Labute approximate surface area is 142 Å². The Hall–Kier alpha value is -1.73. The zero-order chi connectivity index (χ0) is 16.0. The highest BCUT2D eigenvalue weighted by Gasteiger charge is 2.37. The predicted molar refractivity (Wildman–Crippen MR) is 97.3 cm³/mol. The number of nitrogens with zero attached hydrogens (tertiary/aromatic N) is 1. The highest BCUT2D eigenvalue weighted by molar-refractivity contribution is 7.99. The molecule has 0 N–H and O–H groups in total. The van der Waals surface area contributed by atoms with Crippen LogP contribution in [0.2, 0.25) is 0 Å². The quantitative estimate of drug-likeness (QED) is 0.801. The van der Waals surface area contributed by atoms with E-state index in [1.54, 1.807) is 11.8 Å². The van der Waals surface area contributed by atoms with Gasteiger partial charge in [-0.15, -0.1) is 11.8 Å². The summed E-state index contributed by atoms with van der Waals surface area (Å²) in [6, 6.07) is 20.8. The number of rotatable bonds is 3. The minimum atomic E-state index is -0.332. The van der Waals surface area contributed by atoms with Crippen LogP contribution in [-0.4, -0.2) is 37.5 Å². The first-order chi connectivity index (χ1) is 11.3. The Morgan fingerprint density at radius 1 is 0.957 bits per heavy atom. The van der Waals surface area contributed by atoms with E-state index in [9.17, 15) is 0 Å². The lowest BCUT2D eigenvalue weighted by atomic mass is 10.0. The van der Waals surface area contributed by atoms with E-state index in [2.05, 4.69) is 65.5 Å². The van der Waals surface area contributed by atoms with Crippen LogP contribution in [0.1, 0.15) is 11.1 Å². The number of morpholine rings is 1. The van der Waals surface area contributed by atoms with Crippen molar-refractivity contribution in [1.82, 2.24) is 4.90 Å². The van der Waals surface area contributed by atoms with Gasteiger partial charge in [0.2, 0.25) is 0 Å². The molecule has 2 aromatic carbocycles. The van der Waals surface area contributed by atoms with Crippen LogP contribution in [0.25, 0.3) is 0 Å². The molecule has 0 aromatic heterocycles. The van der Waals surface area contributed by atoms with Crippen molar-refractivity contribution in [2.45, 2.75) is 4.87 Å². The van der Waals surface area contributed by atoms with Gasteiger partial charge in [0.25, 0.3) is 0 Å². The molecule has 118 valence electrons. The van der Waals surface area contributed by atoms with Gasteiger partial charge in [-0.25, -0.2) is 0 Å². The van der Waals surface area contributed by atoms with E-state index in [-0.39, 0.29) is 4.87 Å². The van der Waals surface area contributed by atoms with Gasteiger partial charge >= 0.3 is 0 Å². The highest BCUT2D eigenvalue weighted by Crippen LogP contribution is 2.38. The molecule has 0 radical (unpaired) electrons. The van der Waals surface area contributed by atoms with E-state index in [1.807, 2.05) is 18.2 Å². The van der Waals surface area contributed by atoms with E-state index in [0.29, 0.717) is 0 Å². The highest BCUT2D eigenvalue weighted by atomic mass is 32.2. The van der Waals surface area contributed by atoms with Gasteiger partial charge in [0.1, 0.15) is 0 Å². The fourth-order valence-electron chi connectivity index (χ4n) is 2.85. The van der Waals surface area contributed by atoms with Crippen LogP contribution in [0.3, 0.4) is 0 Å². The molecule has 23 heavy (non-hydrogen) atoms. The largest absolute Gasteiger partial charge is 0.379 e. The van der Waals surface area contributed by atoms with E-state index in [4.69, 9.17) is 4.74 Å². The summed E-state index contributed by atoms with van der Waals surface area (Å²) in [5.74, 6) is 6.95. The van der Waals surface area contributed by atoms with Gasteiger partial charge in [-0.05, 0) is 24.0 Å². The molecule has 1 aliphatic rings. The second kappa shape index (κ2) is 7.70. The Bertz CT molecular complexity index is 671. The first-order valence-electron chi connectivity index (χ1n) is 7.87. The van der Waals surface area contributed by atoms with Crippen LogP contribution in [0, 0.1) is 11.8 Å². The first kappa shape index (κ1) is 16.1. The SMILES string of the molecule is CSC(C#Cc1ccccc1)(c1ccccc1)N1CCOCC1. The third-order valence-electron chi connectivity index (χ3n) is 4.07. The maximum atomic E-state index is 5.54. The molecule has 1 unspecified atom stereocenters. The normalized spacial score (nSPS) is 17.8. The topological polar surface area (TPSA) is 12.5 Å². The Balaban J connectivity index is 2.03. The van der Waals surface area contributed by atoms with Crippen LogP contribution in [0.5, 0.6) is 0 Å². The lowest BCUT2D eigenvalue weighted by Crippen LogP contribution is -2.48. The zero-order valence-corrected chi connectivity index (χ0v) is 14.2. The molecular weight excluding hydrogens is 302 g/mol. The Kier molecular flexibility index (Phi) is 5.40. The van der Waals surface area contributed by atoms with Gasteiger partial charge in [-0.1, -0.05) is 60.4 Å². The molecule has 1 atom stereocenters. The van der Waals surface area contributed by atoms with E-state index in [0.717, 1.165) is 31.9 Å². The maximum absolute atomic E-state index is 5.54. The molecule has 0 bridgehead atoms. The van der Waals surface area contributed by atoms with Crippen molar-refractivity contribution in [3.05, 3.63) is 71.8 Å². The monoisotopic (exact) mass is 323 g/mol. The van der Waals surface area contributed by atoms with Crippen LogP contribution in [0.15, 0.2) is 60.7 Å². The summed E-state index contributed by atoms with van der Waals surface area (Å²) in [5, 5.41) is 0. The summed E-state index contributed by atoms with van der Waals surface area (Å²) < 4.78 is 5.54.